The van der Waals surface area contributed by atoms with Crippen molar-refractivity contribution in [3.05, 3.63) is 11.8 Å². The van der Waals surface area contributed by atoms with E-state index in [0.29, 0.717) is 6.54 Å². The molecule has 0 spiro atoms. The Morgan fingerprint density at radius 1 is 0.700 bits per heavy atom. The third-order valence-corrected chi connectivity index (χ3v) is 3.95. The molecule has 0 aliphatic carbocycles. The number of allylic oxidation sites excluding steroid dienone is 1. The van der Waals surface area contributed by atoms with Gasteiger partial charge in [0.25, 0.3) is 0 Å². The molecule has 4 N–H and O–H groups in total. The van der Waals surface area contributed by atoms with Crippen molar-refractivity contribution < 1.29 is 0 Å². The fourth-order valence-corrected chi connectivity index (χ4v) is 2.60. The number of rotatable bonds is 15. The molecule has 0 saturated heterocycles. The minimum atomic E-state index is 0.574. The first-order valence-electron chi connectivity index (χ1n) is 8.95. The lowest BCUT2D eigenvalue weighted by Crippen LogP contribution is -2.02. The highest BCUT2D eigenvalue weighted by Gasteiger charge is 1.94. The summed E-state index contributed by atoms with van der Waals surface area (Å²) >= 11 is 0. The molecule has 0 aromatic rings. The van der Waals surface area contributed by atoms with Gasteiger partial charge in [0.15, 0.2) is 0 Å². The quantitative estimate of drug-likeness (QED) is 0.402. The summed E-state index contributed by atoms with van der Waals surface area (Å²) in [7, 11) is 0. The zero-order valence-electron chi connectivity index (χ0n) is 13.8. The first kappa shape index (κ1) is 19.5. The van der Waals surface area contributed by atoms with Gasteiger partial charge in [-0.25, -0.2) is 0 Å². The van der Waals surface area contributed by atoms with Crippen LogP contribution in [-0.4, -0.2) is 6.54 Å². The van der Waals surface area contributed by atoms with Gasteiger partial charge >= 0.3 is 0 Å². The topological polar surface area (TPSA) is 52.0 Å². The Kier molecular flexibility index (Phi) is 16.1. The lowest BCUT2D eigenvalue weighted by Gasteiger charge is -2.03. The van der Waals surface area contributed by atoms with Crippen molar-refractivity contribution in [3.8, 4) is 0 Å². The second kappa shape index (κ2) is 16.6. The predicted octanol–water partition coefficient (Wildman–Crippen LogP) is 5.27. The Morgan fingerprint density at radius 3 is 1.50 bits per heavy atom. The van der Waals surface area contributed by atoms with Gasteiger partial charge in [-0.1, -0.05) is 90.0 Å². The monoisotopic (exact) mass is 282 g/mol. The average molecular weight is 283 g/mol. The second-order valence-corrected chi connectivity index (χ2v) is 6.01. The molecule has 0 radical (unpaired) electrons. The van der Waals surface area contributed by atoms with Crippen molar-refractivity contribution in [1.29, 1.82) is 0 Å². The van der Waals surface area contributed by atoms with Gasteiger partial charge in [-0.15, -0.1) is 0 Å². The molecule has 2 nitrogen and oxygen atoms in total. The molecule has 0 aliphatic rings. The van der Waals surface area contributed by atoms with Gasteiger partial charge in [-0.05, 0) is 12.8 Å². The van der Waals surface area contributed by atoms with Crippen LogP contribution in [0.1, 0.15) is 96.8 Å². The van der Waals surface area contributed by atoms with Gasteiger partial charge in [0.05, 0.1) is 0 Å². The van der Waals surface area contributed by atoms with Crippen LogP contribution in [0.3, 0.4) is 0 Å². The molecular weight excluding hydrogens is 244 g/mol. The minimum absolute atomic E-state index is 0.574. The number of hydrogen-bond acceptors (Lipinski definition) is 2. The van der Waals surface area contributed by atoms with E-state index in [1.807, 2.05) is 6.08 Å². The van der Waals surface area contributed by atoms with Gasteiger partial charge < -0.3 is 11.5 Å². The van der Waals surface area contributed by atoms with E-state index in [-0.39, 0.29) is 0 Å². The first-order valence-corrected chi connectivity index (χ1v) is 8.95. The van der Waals surface area contributed by atoms with Crippen molar-refractivity contribution in [2.75, 3.05) is 6.54 Å². The number of unbranched alkanes of at least 4 members (excludes halogenated alkanes) is 12. The lowest BCUT2D eigenvalue weighted by molar-refractivity contribution is 0.539. The first-order chi connectivity index (χ1) is 9.81. The third-order valence-electron chi connectivity index (χ3n) is 3.95. The van der Waals surface area contributed by atoms with Crippen LogP contribution < -0.4 is 11.5 Å². The summed E-state index contributed by atoms with van der Waals surface area (Å²) in [5, 5.41) is 0. The maximum atomic E-state index is 5.80. The average Bonchev–Trinajstić information content (AvgIpc) is 2.44. The summed E-state index contributed by atoms with van der Waals surface area (Å²) in [5.41, 5.74) is 12.2. The van der Waals surface area contributed by atoms with Crippen LogP contribution in [0.5, 0.6) is 0 Å². The summed E-state index contributed by atoms with van der Waals surface area (Å²) in [6.07, 6.45) is 21.1. The Morgan fingerprint density at radius 2 is 1.10 bits per heavy atom. The minimum Gasteiger partial charge on any atom is -0.402 e. The molecule has 0 aliphatic heterocycles. The highest BCUT2D eigenvalue weighted by molar-refractivity contribution is 4.96. The van der Waals surface area contributed by atoms with Crippen molar-refractivity contribution in [1.82, 2.24) is 0 Å². The van der Waals surface area contributed by atoms with E-state index in [4.69, 9.17) is 11.5 Å². The molecule has 120 valence electrons. The summed E-state index contributed by atoms with van der Waals surface area (Å²) in [5.74, 6) is 0. The maximum Gasteiger partial charge on any atom is 0.0126 e. The Hall–Kier alpha value is -0.500. The smallest absolute Gasteiger partial charge is 0.0126 e. The van der Waals surface area contributed by atoms with Crippen LogP contribution in [0.25, 0.3) is 0 Å². The highest BCUT2D eigenvalue weighted by Crippen LogP contribution is 2.13. The molecule has 0 fully saturated rings. The molecule has 0 saturated carbocycles. The number of hydrogen-bond donors (Lipinski definition) is 2. The van der Waals surface area contributed by atoms with Crippen LogP contribution in [0.4, 0.5) is 0 Å². The van der Waals surface area contributed by atoms with Crippen LogP contribution in [0.2, 0.25) is 0 Å². The fraction of sp³-hybridized carbons (Fsp3) is 0.889. The van der Waals surface area contributed by atoms with Gasteiger partial charge in [-0.2, -0.15) is 0 Å². The normalized spacial score (nSPS) is 12.0. The zero-order valence-corrected chi connectivity index (χ0v) is 13.8. The van der Waals surface area contributed by atoms with E-state index >= 15 is 0 Å². The molecule has 2 heteroatoms. The van der Waals surface area contributed by atoms with E-state index in [1.165, 1.54) is 83.5 Å². The fourth-order valence-electron chi connectivity index (χ4n) is 2.60. The highest BCUT2D eigenvalue weighted by atomic mass is 14.6. The van der Waals surface area contributed by atoms with Gasteiger partial charge in [0.1, 0.15) is 0 Å². The van der Waals surface area contributed by atoms with E-state index < -0.39 is 0 Å². The van der Waals surface area contributed by atoms with Gasteiger partial charge in [-0.3, -0.25) is 0 Å². The predicted molar refractivity (Wildman–Crippen MR) is 91.6 cm³/mol. The van der Waals surface area contributed by atoms with Crippen molar-refractivity contribution in [3.63, 3.8) is 0 Å². The molecule has 0 bridgehead atoms. The van der Waals surface area contributed by atoms with Gasteiger partial charge in [0, 0.05) is 12.2 Å². The molecule has 0 aromatic carbocycles. The second-order valence-electron chi connectivity index (χ2n) is 6.01. The number of nitrogens with two attached hydrogens (primary N) is 2. The Balaban J connectivity index is 3.04. The molecule has 0 amide bonds. The lowest BCUT2D eigenvalue weighted by atomic mass is 10.0. The van der Waals surface area contributed by atoms with Gasteiger partial charge in [0.2, 0.25) is 0 Å². The van der Waals surface area contributed by atoms with Crippen LogP contribution in [-0.2, 0) is 0 Å². The van der Waals surface area contributed by atoms with Crippen LogP contribution in [0.15, 0.2) is 11.8 Å². The van der Waals surface area contributed by atoms with E-state index in [9.17, 15) is 0 Å². The van der Waals surface area contributed by atoms with Crippen molar-refractivity contribution in [2.45, 2.75) is 96.8 Å². The standard InChI is InChI=1S/C18H38N2/c1-2-3-4-5-6-7-8-9-10-11-12-13-14-15-18(20)16-17-19/h16H,2-15,17,19-20H2,1H3. The Labute approximate surface area is 127 Å². The summed E-state index contributed by atoms with van der Waals surface area (Å²) in [6, 6.07) is 0. The Bertz CT molecular complexity index is 211. The maximum absolute atomic E-state index is 5.80. The van der Waals surface area contributed by atoms with E-state index in [0.717, 1.165) is 12.1 Å². The SMILES string of the molecule is CCCCCCCCCCCCCCCC(N)=CCN. The van der Waals surface area contributed by atoms with Crippen LogP contribution >= 0.6 is 0 Å². The summed E-state index contributed by atoms with van der Waals surface area (Å²) < 4.78 is 0. The molecular formula is C18H38N2. The molecule has 0 rings (SSSR count). The third kappa shape index (κ3) is 15.6. The molecule has 0 unspecified atom stereocenters. The van der Waals surface area contributed by atoms with Crippen molar-refractivity contribution in [2.24, 2.45) is 11.5 Å². The summed E-state index contributed by atoms with van der Waals surface area (Å²) in [6.45, 7) is 2.85. The van der Waals surface area contributed by atoms with Crippen LogP contribution in [0, 0.1) is 0 Å². The molecule has 20 heavy (non-hydrogen) atoms. The van der Waals surface area contributed by atoms with E-state index in [2.05, 4.69) is 6.92 Å². The summed E-state index contributed by atoms with van der Waals surface area (Å²) in [4.78, 5) is 0. The van der Waals surface area contributed by atoms with E-state index in [1.54, 1.807) is 0 Å². The zero-order chi connectivity index (χ0) is 14.9. The molecule has 0 aromatic heterocycles. The molecule has 0 heterocycles. The molecule has 0 atom stereocenters. The van der Waals surface area contributed by atoms with Crippen molar-refractivity contribution >= 4 is 0 Å². The largest absolute Gasteiger partial charge is 0.402 e.